The summed E-state index contributed by atoms with van der Waals surface area (Å²) in [6, 6.07) is 16.2. The second kappa shape index (κ2) is 8.15. The Balaban J connectivity index is 1.06. The second-order valence-corrected chi connectivity index (χ2v) is 10.0. The van der Waals surface area contributed by atoms with E-state index >= 15 is 0 Å². The van der Waals surface area contributed by atoms with Crippen LogP contribution in [0, 0.1) is 23.7 Å². The topological polar surface area (TPSA) is 95.9 Å². The largest absolute Gasteiger partial charge is 0.481 e. The summed E-state index contributed by atoms with van der Waals surface area (Å²) in [5, 5.41) is 12.2. The highest BCUT2D eigenvalue weighted by atomic mass is 16.5. The number of rotatable bonds is 5. The maximum atomic E-state index is 13.1. The van der Waals surface area contributed by atoms with Crippen molar-refractivity contribution in [3.8, 4) is 11.1 Å². The first-order valence-electron chi connectivity index (χ1n) is 12.2. The van der Waals surface area contributed by atoms with Crippen LogP contribution in [-0.2, 0) is 14.3 Å². The highest BCUT2D eigenvalue weighted by Crippen LogP contribution is 2.52. The minimum Gasteiger partial charge on any atom is -0.481 e. The summed E-state index contributed by atoms with van der Waals surface area (Å²) in [6.07, 6.45) is 1.88. The Kier molecular flexibility index (Phi) is 5.08. The molecule has 2 aromatic rings. The average molecular weight is 461 g/mol. The fourth-order valence-corrected chi connectivity index (χ4v) is 6.53. The van der Waals surface area contributed by atoms with Gasteiger partial charge in [-0.25, -0.2) is 4.79 Å². The molecule has 5 atom stereocenters. The van der Waals surface area contributed by atoms with Crippen LogP contribution in [0.3, 0.4) is 0 Å². The summed E-state index contributed by atoms with van der Waals surface area (Å²) in [4.78, 5) is 38.8. The maximum absolute atomic E-state index is 13.1. The number of carbonyl (C=O) groups excluding carboxylic acids is 2. The summed E-state index contributed by atoms with van der Waals surface area (Å²) in [7, 11) is 0. The van der Waals surface area contributed by atoms with E-state index in [-0.39, 0.29) is 48.1 Å². The molecule has 7 nitrogen and oxygen atoms in total. The fraction of sp³-hybridized carbons (Fsp3) is 0.444. The van der Waals surface area contributed by atoms with Gasteiger partial charge in [0.05, 0.1) is 11.8 Å². The molecule has 2 amide bonds. The fourth-order valence-electron chi connectivity index (χ4n) is 6.53. The van der Waals surface area contributed by atoms with Crippen LogP contribution in [0.15, 0.2) is 48.5 Å². The number of nitrogens with zero attached hydrogens (tertiary/aromatic N) is 1. The van der Waals surface area contributed by atoms with Gasteiger partial charge in [-0.2, -0.15) is 0 Å². The van der Waals surface area contributed by atoms with Gasteiger partial charge in [-0.3, -0.25) is 9.59 Å². The lowest BCUT2D eigenvalue weighted by molar-refractivity contribution is -0.142. The van der Waals surface area contributed by atoms with Crippen LogP contribution in [-0.4, -0.2) is 53.7 Å². The second-order valence-electron chi connectivity index (χ2n) is 10.0. The average Bonchev–Trinajstić information content (AvgIpc) is 3.19. The molecule has 0 spiro atoms. The predicted octanol–water partition coefficient (Wildman–Crippen LogP) is 3.48. The number of nitrogens with one attached hydrogen (secondary N) is 1. The summed E-state index contributed by atoms with van der Waals surface area (Å²) >= 11 is 0. The molecule has 4 aliphatic rings. The molecule has 6 rings (SSSR count). The number of aliphatic carboxylic acids is 1. The van der Waals surface area contributed by atoms with Crippen LogP contribution in [0.5, 0.6) is 0 Å². The maximum Gasteiger partial charge on any atom is 0.407 e. The van der Waals surface area contributed by atoms with Gasteiger partial charge in [0.25, 0.3) is 0 Å². The van der Waals surface area contributed by atoms with Gasteiger partial charge in [-0.1, -0.05) is 55.0 Å². The van der Waals surface area contributed by atoms with Gasteiger partial charge >= 0.3 is 12.1 Å². The van der Waals surface area contributed by atoms with E-state index in [1.54, 1.807) is 4.90 Å². The first kappa shape index (κ1) is 21.2. The van der Waals surface area contributed by atoms with Crippen LogP contribution in [0.2, 0.25) is 0 Å². The Morgan fingerprint density at radius 2 is 1.56 bits per heavy atom. The van der Waals surface area contributed by atoms with Crippen LogP contribution in [0.4, 0.5) is 4.79 Å². The van der Waals surface area contributed by atoms with Gasteiger partial charge in [0.1, 0.15) is 6.61 Å². The number of benzene rings is 2. The lowest BCUT2D eigenvalue weighted by Crippen LogP contribution is -2.46. The Hall–Kier alpha value is -3.35. The number of amides is 2. The SMILES string of the molecule is O=C(NC1CCCC1C(=O)N1C[C@@H]2C(C(=O)O)[C@@H]2C1)OCC1c2ccccc2-c2ccccc21. The monoisotopic (exact) mass is 460 g/mol. The van der Waals surface area contributed by atoms with Crippen LogP contribution in [0.25, 0.3) is 11.1 Å². The molecule has 1 saturated heterocycles. The van der Waals surface area contributed by atoms with E-state index in [2.05, 4.69) is 29.6 Å². The number of carbonyl (C=O) groups is 3. The number of likely N-dealkylation sites (tertiary alicyclic amines) is 1. The number of hydrogen-bond donors (Lipinski definition) is 2. The van der Waals surface area contributed by atoms with Gasteiger partial charge in [-0.05, 0) is 46.9 Å². The first-order valence-corrected chi connectivity index (χ1v) is 12.2. The Labute approximate surface area is 198 Å². The van der Waals surface area contributed by atoms with Crippen molar-refractivity contribution >= 4 is 18.0 Å². The van der Waals surface area contributed by atoms with Crippen molar-refractivity contribution < 1.29 is 24.2 Å². The van der Waals surface area contributed by atoms with Crippen molar-refractivity contribution in [2.24, 2.45) is 23.7 Å². The number of alkyl carbamates (subject to hydrolysis) is 1. The van der Waals surface area contributed by atoms with Gasteiger partial charge < -0.3 is 20.1 Å². The third-order valence-corrected chi connectivity index (χ3v) is 8.27. The van der Waals surface area contributed by atoms with Crippen molar-refractivity contribution in [2.75, 3.05) is 19.7 Å². The molecule has 0 radical (unpaired) electrons. The van der Waals surface area contributed by atoms with Crippen molar-refractivity contribution in [1.29, 1.82) is 0 Å². The molecular weight excluding hydrogens is 432 g/mol. The van der Waals surface area contributed by atoms with E-state index in [9.17, 15) is 19.5 Å². The number of hydrogen-bond acceptors (Lipinski definition) is 4. The molecule has 1 heterocycles. The van der Waals surface area contributed by atoms with E-state index in [0.29, 0.717) is 13.1 Å². The third kappa shape index (κ3) is 3.45. The lowest BCUT2D eigenvalue weighted by Gasteiger charge is -2.27. The Morgan fingerprint density at radius 1 is 0.941 bits per heavy atom. The zero-order chi connectivity index (χ0) is 23.4. The normalized spacial score (nSPS) is 28.7. The Bertz CT molecular complexity index is 1110. The molecule has 3 aliphatic carbocycles. The summed E-state index contributed by atoms with van der Waals surface area (Å²) in [5.41, 5.74) is 4.69. The molecule has 3 unspecified atom stereocenters. The van der Waals surface area contributed by atoms with Gasteiger partial charge in [0.2, 0.25) is 5.91 Å². The molecule has 7 heteroatoms. The van der Waals surface area contributed by atoms with E-state index < -0.39 is 12.1 Å². The smallest absolute Gasteiger partial charge is 0.407 e. The minimum absolute atomic E-state index is 0.00216. The Morgan fingerprint density at radius 3 is 2.18 bits per heavy atom. The molecule has 2 aromatic carbocycles. The van der Waals surface area contributed by atoms with Crippen LogP contribution >= 0.6 is 0 Å². The van der Waals surface area contributed by atoms with Gasteiger partial charge in [0.15, 0.2) is 0 Å². The van der Waals surface area contributed by atoms with Crippen molar-refractivity contribution in [1.82, 2.24) is 10.2 Å². The predicted molar refractivity (Wildman–Crippen MR) is 124 cm³/mol. The lowest BCUT2D eigenvalue weighted by atomic mass is 9.98. The molecule has 1 aliphatic heterocycles. The number of ether oxygens (including phenoxy) is 1. The molecule has 3 fully saturated rings. The minimum atomic E-state index is -0.752. The van der Waals surface area contributed by atoms with Gasteiger partial charge in [-0.15, -0.1) is 0 Å². The highest BCUT2D eigenvalue weighted by Gasteiger charge is 2.61. The van der Waals surface area contributed by atoms with Crippen LogP contribution < -0.4 is 5.32 Å². The highest BCUT2D eigenvalue weighted by molar-refractivity contribution is 5.83. The van der Waals surface area contributed by atoms with Crippen molar-refractivity contribution in [2.45, 2.75) is 31.2 Å². The quantitative estimate of drug-likeness (QED) is 0.712. The summed E-state index contributed by atoms with van der Waals surface area (Å²) in [6.45, 7) is 1.29. The summed E-state index contributed by atoms with van der Waals surface area (Å²) in [5.74, 6) is -1.08. The van der Waals surface area contributed by atoms with Crippen LogP contribution in [0.1, 0.15) is 36.3 Å². The molecule has 2 N–H and O–H groups in total. The first-order chi connectivity index (χ1) is 16.5. The molecular formula is C27H28N2O5. The number of carboxylic acid groups (broad SMARTS) is 1. The molecule has 34 heavy (non-hydrogen) atoms. The van der Waals surface area contributed by atoms with E-state index in [1.807, 2.05) is 24.3 Å². The number of piperidine rings is 1. The van der Waals surface area contributed by atoms with E-state index in [4.69, 9.17) is 4.74 Å². The standard InChI is InChI=1S/C27H28N2O5/c30-25(29-12-20-21(13-29)24(20)26(31)32)19-10-5-11-23(19)28-27(33)34-14-22-17-8-3-1-6-15(17)16-7-2-4-9-18(16)22/h1-4,6-9,19-24H,5,10-14H2,(H,28,33)(H,31,32)/t19?,20-,21+,23?,24?. The van der Waals surface area contributed by atoms with Gasteiger partial charge in [0, 0.05) is 25.0 Å². The molecule has 176 valence electrons. The van der Waals surface area contributed by atoms with E-state index in [0.717, 1.165) is 30.4 Å². The van der Waals surface area contributed by atoms with Crippen molar-refractivity contribution in [3.63, 3.8) is 0 Å². The van der Waals surface area contributed by atoms with Crippen molar-refractivity contribution in [3.05, 3.63) is 59.7 Å². The summed E-state index contributed by atoms with van der Waals surface area (Å²) < 4.78 is 5.68. The molecule has 0 aromatic heterocycles. The molecule has 2 saturated carbocycles. The number of fused-ring (bicyclic) bond motifs is 4. The zero-order valence-electron chi connectivity index (χ0n) is 18.9. The molecule has 0 bridgehead atoms. The third-order valence-electron chi connectivity index (χ3n) is 8.27. The van der Waals surface area contributed by atoms with E-state index in [1.165, 1.54) is 11.1 Å². The zero-order valence-corrected chi connectivity index (χ0v) is 18.9. The number of carboxylic acids is 1.